The lowest BCUT2D eigenvalue weighted by atomic mass is 10.2. The molecule has 2 N–H and O–H groups in total. The van der Waals surface area contributed by atoms with Gasteiger partial charge in [0.25, 0.3) is 0 Å². The van der Waals surface area contributed by atoms with Crippen molar-refractivity contribution < 1.29 is 13.2 Å². The van der Waals surface area contributed by atoms with Crippen molar-refractivity contribution in [1.29, 1.82) is 0 Å². The number of thiocarbonyl (C=S) groups is 1. The van der Waals surface area contributed by atoms with Gasteiger partial charge >= 0.3 is 0 Å². The molecular weight excluding hydrogens is 394 g/mol. The fraction of sp³-hybridized carbons (Fsp3) is 0.350. The van der Waals surface area contributed by atoms with Crippen LogP contribution in [0.2, 0.25) is 0 Å². The highest BCUT2D eigenvalue weighted by molar-refractivity contribution is 7.89. The van der Waals surface area contributed by atoms with Gasteiger partial charge in [-0.3, -0.25) is 0 Å². The van der Waals surface area contributed by atoms with E-state index in [1.165, 1.54) is 4.31 Å². The van der Waals surface area contributed by atoms with Crippen molar-refractivity contribution >= 4 is 33.0 Å². The molecule has 150 valence electrons. The molecule has 0 unspecified atom stereocenters. The van der Waals surface area contributed by atoms with Gasteiger partial charge in [-0.2, -0.15) is 4.31 Å². The van der Waals surface area contributed by atoms with Crippen molar-refractivity contribution in [2.75, 3.05) is 25.5 Å². The number of nitrogens with one attached hydrogen (secondary N) is 2. The molecule has 0 aromatic heterocycles. The predicted molar refractivity (Wildman–Crippen MR) is 115 cm³/mol. The Morgan fingerprint density at radius 1 is 1.18 bits per heavy atom. The second kappa shape index (κ2) is 9.47. The molecule has 1 aliphatic rings. The van der Waals surface area contributed by atoms with E-state index in [1.807, 2.05) is 30.3 Å². The average Bonchev–Trinajstić information content (AvgIpc) is 3.21. The van der Waals surface area contributed by atoms with Crippen LogP contribution in [0.15, 0.2) is 59.5 Å². The minimum absolute atomic E-state index is 0.201. The number of hydrogen-bond acceptors (Lipinski definition) is 4. The third-order valence-electron chi connectivity index (χ3n) is 4.58. The molecular formula is C20H25N3O3S2. The molecule has 8 heteroatoms. The summed E-state index contributed by atoms with van der Waals surface area (Å²) in [6, 6.07) is 16.1. The Bertz CT molecular complexity index is 881. The fourth-order valence-corrected chi connectivity index (χ4v) is 4.36. The Balaban J connectivity index is 1.57. The van der Waals surface area contributed by atoms with Gasteiger partial charge in [0.05, 0.1) is 11.0 Å². The first-order valence-electron chi connectivity index (χ1n) is 9.22. The lowest BCUT2D eigenvalue weighted by Crippen LogP contribution is -2.34. The Kier molecular flexibility index (Phi) is 7.01. The van der Waals surface area contributed by atoms with Crippen LogP contribution in [0.3, 0.4) is 0 Å². The molecule has 6 nitrogen and oxygen atoms in total. The van der Waals surface area contributed by atoms with Crippen LogP contribution >= 0.6 is 12.2 Å². The van der Waals surface area contributed by atoms with Crippen molar-refractivity contribution in [2.45, 2.75) is 30.4 Å². The van der Waals surface area contributed by atoms with E-state index in [2.05, 4.69) is 10.6 Å². The van der Waals surface area contributed by atoms with E-state index in [0.717, 1.165) is 30.7 Å². The maximum absolute atomic E-state index is 12.8. The molecule has 1 saturated heterocycles. The fourth-order valence-electron chi connectivity index (χ4n) is 3.00. The summed E-state index contributed by atoms with van der Waals surface area (Å²) in [7, 11) is -1.98. The van der Waals surface area contributed by atoms with Crippen molar-refractivity contribution in [3.8, 4) is 0 Å². The maximum atomic E-state index is 12.8. The first kappa shape index (κ1) is 20.7. The molecule has 0 spiro atoms. The van der Waals surface area contributed by atoms with Gasteiger partial charge in [0.15, 0.2) is 5.11 Å². The summed E-state index contributed by atoms with van der Waals surface area (Å²) in [6.07, 6.45) is 2.33. The van der Waals surface area contributed by atoms with Gasteiger partial charge in [-0.1, -0.05) is 30.3 Å². The van der Waals surface area contributed by atoms with Crippen molar-refractivity contribution in [3.05, 3.63) is 60.2 Å². The summed E-state index contributed by atoms with van der Waals surface area (Å²) in [5, 5.41) is 6.70. The number of benzene rings is 2. The van der Waals surface area contributed by atoms with Crippen LogP contribution < -0.4 is 10.6 Å². The summed E-state index contributed by atoms with van der Waals surface area (Å²) in [5.41, 5.74) is 1.67. The summed E-state index contributed by atoms with van der Waals surface area (Å²) in [4.78, 5) is 0.245. The van der Waals surface area contributed by atoms with E-state index in [9.17, 15) is 8.42 Å². The zero-order valence-electron chi connectivity index (χ0n) is 15.8. The lowest BCUT2D eigenvalue weighted by Gasteiger charge is -2.18. The van der Waals surface area contributed by atoms with Gasteiger partial charge in [0.1, 0.15) is 0 Å². The van der Waals surface area contributed by atoms with Crippen LogP contribution in [0.5, 0.6) is 0 Å². The quantitative estimate of drug-likeness (QED) is 0.673. The largest absolute Gasteiger partial charge is 0.376 e. The molecule has 28 heavy (non-hydrogen) atoms. The van der Waals surface area contributed by atoms with Crippen LogP contribution in [0.25, 0.3) is 0 Å². The zero-order chi connectivity index (χ0) is 20.0. The Hall–Kier alpha value is -2.00. The van der Waals surface area contributed by atoms with Crippen molar-refractivity contribution in [2.24, 2.45) is 0 Å². The minimum atomic E-state index is -3.56. The molecule has 3 rings (SSSR count). The highest BCUT2D eigenvalue weighted by Crippen LogP contribution is 2.19. The number of ether oxygens (including phenoxy) is 1. The van der Waals surface area contributed by atoms with E-state index < -0.39 is 10.0 Å². The molecule has 0 amide bonds. The van der Waals surface area contributed by atoms with Crippen LogP contribution in [0.4, 0.5) is 5.69 Å². The molecule has 1 atom stereocenters. The summed E-state index contributed by atoms with van der Waals surface area (Å²) >= 11 is 5.29. The molecule has 2 aromatic carbocycles. The molecule has 1 aliphatic heterocycles. The number of sulfonamides is 1. The molecule has 2 aromatic rings. The minimum Gasteiger partial charge on any atom is -0.376 e. The van der Waals surface area contributed by atoms with E-state index in [-0.39, 0.29) is 11.0 Å². The highest BCUT2D eigenvalue weighted by Gasteiger charge is 2.21. The van der Waals surface area contributed by atoms with E-state index >= 15 is 0 Å². The van der Waals surface area contributed by atoms with Crippen LogP contribution in [0, 0.1) is 0 Å². The Labute approximate surface area is 171 Å². The van der Waals surface area contributed by atoms with Gasteiger partial charge in [0, 0.05) is 32.4 Å². The summed E-state index contributed by atoms with van der Waals surface area (Å²) in [6.45, 7) is 1.80. The second-order valence-corrected chi connectivity index (χ2v) is 9.19. The maximum Gasteiger partial charge on any atom is 0.243 e. The topological polar surface area (TPSA) is 70.7 Å². The molecule has 0 radical (unpaired) electrons. The first-order chi connectivity index (χ1) is 13.4. The van der Waals surface area contributed by atoms with Crippen molar-refractivity contribution in [1.82, 2.24) is 9.62 Å². The van der Waals surface area contributed by atoms with Crippen LogP contribution in [0.1, 0.15) is 18.4 Å². The van der Waals surface area contributed by atoms with E-state index in [4.69, 9.17) is 17.0 Å². The SMILES string of the molecule is CN(Cc1ccccc1)S(=O)(=O)c1ccc(NC(=S)NC[C@H]2CCCO2)cc1. The highest BCUT2D eigenvalue weighted by atomic mass is 32.2. The van der Waals surface area contributed by atoms with Gasteiger partial charge in [0.2, 0.25) is 10.0 Å². The second-order valence-electron chi connectivity index (χ2n) is 6.74. The van der Waals surface area contributed by atoms with E-state index in [0.29, 0.717) is 18.2 Å². The van der Waals surface area contributed by atoms with Gasteiger partial charge in [-0.05, 0) is 54.9 Å². The third-order valence-corrected chi connectivity index (χ3v) is 6.65. The van der Waals surface area contributed by atoms with Crippen LogP contribution in [-0.4, -0.2) is 44.1 Å². The third kappa shape index (κ3) is 5.51. The predicted octanol–water partition coefficient (Wildman–Crippen LogP) is 2.97. The van der Waals surface area contributed by atoms with Gasteiger partial charge in [-0.25, -0.2) is 8.42 Å². The lowest BCUT2D eigenvalue weighted by molar-refractivity contribution is 0.114. The van der Waals surface area contributed by atoms with Gasteiger partial charge < -0.3 is 15.4 Å². The number of hydrogen-bond donors (Lipinski definition) is 2. The first-order valence-corrected chi connectivity index (χ1v) is 11.1. The molecule has 0 aliphatic carbocycles. The van der Waals surface area contributed by atoms with Gasteiger partial charge in [-0.15, -0.1) is 0 Å². The molecule has 1 heterocycles. The Morgan fingerprint density at radius 3 is 2.54 bits per heavy atom. The summed E-state index contributed by atoms with van der Waals surface area (Å²) in [5.74, 6) is 0. The number of rotatable bonds is 7. The Morgan fingerprint density at radius 2 is 1.89 bits per heavy atom. The summed E-state index contributed by atoms with van der Waals surface area (Å²) < 4.78 is 32.4. The molecule has 0 bridgehead atoms. The van der Waals surface area contributed by atoms with Crippen molar-refractivity contribution in [3.63, 3.8) is 0 Å². The molecule has 1 fully saturated rings. The normalized spacial score (nSPS) is 16.9. The van der Waals surface area contributed by atoms with E-state index in [1.54, 1.807) is 31.3 Å². The standard InChI is InChI=1S/C20H25N3O3S2/c1-23(15-16-6-3-2-4-7-16)28(24,25)19-11-9-17(10-12-19)22-20(27)21-14-18-8-5-13-26-18/h2-4,6-7,9-12,18H,5,8,13-15H2,1H3,(H2,21,22,27)/t18-/m1/s1. The van der Waals surface area contributed by atoms with Crippen LogP contribution in [-0.2, 0) is 21.3 Å². The monoisotopic (exact) mass is 419 g/mol. The zero-order valence-corrected chi connectivity index (χ0v) is 17.4. The number of nitrogens with zero attached hydrogens (tertiary/aromatic N) is 1. The number of anilines is 1. The average molecular weight is 420 g/mol. The smallest absolute Gasteiger partial charge is 0.243 e. The molecule has 0 saturated carbocycles.